The van der Waals surface area contributed by atoms with Crippen molar-refractivity contribution >= 4 is 0 Å². The SMILES string of the molecule is C1CNCCN1.[Cu].[H-].[Na+]. The van der Waals surface area contributed by atoms with Crippen LogP contribution in [0.15, 0.2) is 0 Å². The molecule has 8 heavy (non-hydrogen) atoms. The maximum Gasteiger partial charge on any atom is 1.00 e. The first-order valence-corrected chi connectivity index (χ1v) is 2.41. The largest absolute Gasteiger partial charge is 1.00 e. The summed E-state index contributed by atoms with van der Waals surface area (Å²) < 4.78 is 0. The van der Waals surface area contributed by atoms with Crippen molar-refractivity contribution < 1.29 is 48.1 Å². The van der Waals surface area contributed by atoms with E-state index < -0.39 is 0 Å². The average molecular weight is 174 g/mol. The van der Waals surface area contributed by atoms with E-state index in [4.69, 9.17) is 0 Å². The van der Waals surface area contributed by atoms with Gasteiger partial charge in [-0.15, -0.1) is 0 Å². The van der Waals surface area contributed by atoms with Gasteiger partial charge in [-0.1, -0.05) is 0 Å². The van der Waals surface area contributed by atoms with Gasteiger partial charge in [0.15, 0.2) is 0 Å². The minimum absolute atomic E-state index is 0. The summed E-state index contributed by atoms with van der Waals surface area (Å²) in [5, 5.41) is 6.44. The quantitative estimate of drug-likeness (QED) is 0.369. The molecule has 4 heteroatoms. The first-order valence-electron chi connectivity index (χ1n) is 2.41. The molecule has 0 aromatic rings. The van der Waals surface area contributed by atoms with Gasteiger partial charge in [-0.25, -0.2) is 0 Å². The molecule has 1 saturated heterocycles. The average Bonchev–Trinajstić information content (AvgIpc) is 1.72. The zero-order chi connectivity index (χ0) is 4.24. The van der Waals surface area contributed by atoms with Crippen molar-refractivity contribution in [3.8, 4) is 0 Å². The molecule has 1 radical (unpaired) electrons. The van der Waals surface area contributed by atoms with Crippen molar-refractivity contribution in [2.75, 3.05) is 26.2 Å². The second-order valence-corrected chi connectivity index (χ2v) is 1.50. The molecule has 2 N–H and O–H groups in total. The molecule has 0 atom stereocenters. The summed E-state index contributed by atoms with van der Waals surface area (Å²) in [6.07, 6.45) is 0. The van der Waals surface area contributed by atoms with Crippen LogP contribution in [0.2, 0.25) is 0 Å². The third-order valence-corrected chi connectivity index (χ3v) is 0.957. The standard InChI is InChI=1S/C4H10N2.Cu.Na.H/c1-2-6-4-3-5-1;;;/h5-6H,1-4H2;;;/q;;+1;-1. The predicted molar refractivity (Wildman–Crippen MR) is 26.9 cm³/mol. The van der Waals surface area contributed by atoms with Gasteiger partial charge in [0.05, 0.1) is 0 Å². The summed E-state index contributed by atoms with van der Waals surface area (Å²) in [7, 11) is 0. The second-order valence-electron chi connectivity index (χ2n) is 1.50. The van der Waals surface area contributed by atoms with Crippen LogP contribution in [0.1, 0.15) is 1.43 Å². The summed E-state index contributed by atoms with van der Waals surface area (Å²) >= 11 is 0. The Morgan fingerprint density at radius 2 is 1.12 bits per heavy atom. The van der Waals surface area contributed by atoms with Crippen molar-refractivity contribution in [3.05, 3.63) is 0 Å². The van der Waals surface area contributed by atoms with Gasteiger partial charge >= 0.3 is 29.6 Å². The van der Waals surface area contributed by atoms with Crippen LogP contribution in [0, 0.1) is 0 Å². The molecular formula is C4H11CuN2Na. The fourth-order valence-electron chi connectivity index (χ4n) is 0.604. The van der Waals surface area contributed by atoms with E-state index in [2.05, 4.69) is 10.6 Å². The van der Waals surface area contributed by atoms with Crippen molar-refractivity contribution in [1.29, 1.82) is 0 Å². The molecular weight excluding hydrogens is 163 g/mol. The summed E-state index contributed by atoms with van der Waals surface area (Å²) in [6.45, 7) is 4.56. The van der Waals surface area contributed by atoms with E-state index in [9.17, 15) is 0 Å². The van der Waals surface area contributed by atoms with Gasteiger partial charge in [-0.3, -0.25) is 0 Å². The van der Waals surface area contributed by atoms with Crippen LogP contribution in [0.25, 0.3) is 0 Å². The smallest absolute Gasteiger partial charge is 1.00 e. The Bertz CT molecular complexity index is 34.0. The van der Waals surface area contributed by atoms with E-state index in [1.54, 1.807) is 0 Å². The first kappa shape index (κ1) is 12.1. The number of hydrogen-bond acceptors (Lipinski definition) is 2. The van der Waals surface area contributed by atoms with Crippen LogP contribution < -0.4 is 40.2 Å². The molecule has 0 unspecified atom stereocenters. The van der Waals surface area contributed by atoms with Gasteiger partial charge in [0.1, 0.15) is 0 Å². The fourth-order valence-corrected chi connectivity index (χ4v) is 0.604. The third kappa shape index (κ3) is 5.57. The normalized spacial score (nSPS) is 18.0. The summed E-state index contributed by atoms with van der Waals surface area (Å²) in [5.74, 6) is 0. The predicted octanol–water partition coefficient (Wildman–Crippen LogP) is -3.71. The Hall–Kier alpha value is 1.44. The minimum atomic E-state index is 0. The van der Waals surface area contributed by atoms with E-state index in [0.29, 0.717) is 0 Å². The monoisotopic (exact) mass is 173 g/mol. The van der Waals surface area contributed by atoms with Crippen LogP contribution in [0.3, 0.4) is 0 Å². The number of rotatable bonds is 0. The molecule has 0 amide bonds. The van der Waals surface area contributed by atoms with E-state index in [-0.39, 0.29) is 48.1 Å². The van der Waals surface area contributed by atoms with Gasteiger partial charge in [0.25, 0.3) is 0 Å². The van der Waals surface area contributed by atoms with Crippen LogP contribution >= 0.6 is 0 Å². The molecule has 0 aromatic carbocycles. The maximum absolute atomic E-state index is 3.22. The van der Waals surface area contributed by atoms with Gasteiger partial charge in [0, 0.05) is 43.2 Å². The Kier molecular flexibility index (Phi) is 12.8. The van der Waals surface area contributed by atoms with E-state index in [0.717, 1.165) is 26.2 Å². The molecule has 0 spiro atoms. The molecule has 0 saturated carbocycles. The van der Waals surface area contributed by atoms with Crippen LogP contribution in [-0.2, 0) is 17.1 Å². The molecule has 2 nitrogen and oxygen atoms in total. The minimum Gasteiger partial charge on any atom is -1.00 e. The van der Waals surface area contributed by atoms with Crippen LogP contribution in [0.5, 0.6) is 0 Å². The molecule has 1 aliphatic heterocycles. The Morgan fingerprint density at radius 1 is 0.875 bits per heavy atom. The van der Waals surface area contributed by atoms with E-state index >= 15 is 0 Å². The van der Waals surface area contributed by atoms with Crippen molar-refractivity contribution in [3.63, 3.8) is 0 Å². The van der Waals surface area contributed by atoms with Crippen LogP contribution in [-0.4, -0.2) is 26.2 Å². The zero-order valence-corrected chi connectivity index (χ0v) is 8.07. The molecule has 0 bridgehead atoms. The molecule has 1 rings (SSSR count). The molecule has 1 aliphatic rings. The van der Waals surface area contributed by atoms with Crippen molar-refractivity contribution in [1.82, 2.24) is 10.6 Å². The summed E-state index contributed by atoms with van der Waals surface area (Å²) in [5.41, 5.74) is 0. The second kappa shape index (κ2) is 8.44. The molecule has 1 fully saturated rings. The van der Waals surface area contributed by atoms with Gasteiger partial charge < -0.3 is 12.1 Å². The zero-order valence-electron chi connectivity index (χ0n) is 6.13. The van der Waals surface area contributed by atoms with E-state index in [1.807, 2.05) is 0 Å². The van der Waals surface area contributed by atoms with Gasteiger partial charge in [0.2, 0.25) is 0 Å². The summed E-state index contributed by atoms with van der Waals surface area (Å²) in [6, 6.07) is 0. The number of hydrogen-bond donors (Lipinski definition) is 2. The number of nitrogens with one attached hydrogen (secondary N) is 2. The first-order chi connectivity index (χ1) is 3.00. The third-order valence-electron chi connectivity index (χ3n) is 0.957. The molecule has 1 heterocycles. The van der Waals surface area contributed by atoms with Crippen LogP contribution in [0.4, 0.5) is 0 Å². The molecule has 0 aromatic heterocycles. The maximum atomic E-state index is 3.22. The summed E-state index contributed by atoms with van der Waals surface area (Å²) in [4.78, 5) is 0. The Morgan fingerprint density at radius 3 is 1.25 bits per heavy atom. The number of piperazine rings is 1. The topological polar surface area (TPSA) is 24.1 Å². The van der Waals surface area contributed by atoms with Crippen molar-refractivity contribution in [2.24, 2.45) is 0 Å². The Balaban J connectivity index is -0.000000120. The van der Waals surface area contributed by atoms with Gasteiger partial charge in [-0.2, -0.15) is 0 Å². The van der Waals surface area contributed by atoms with Gasteiger partial charge in [-0.05, 0) is 0 Å². The molecule has 49 valence electrons. The Labute approximate surface area is 84.4 Å². The van der Waals surface area contributed by atoms with E-state index in [1.165, 1.54) is 0 Å². The fraction of sp³-hybridized carbons (Fsp3) is 1.00. The molecule has 0 aliphatic carbocycles. The van der Waals surface area contributed by atoms with Crippen molar-refractivity contribution in [2.45, 2.75) is 0 Å².